The molecule has 0 aliphatic rings. The Kier molecular flexibility index (Phi) is 4.33. The second-order valence-corrected chi connectivity index (χ2v) is 4.45. The predicted octanol–water partition coefficient (Wildman–Crippen LogP) is 3.83. The summed E-state index contributed by atoms with van der Waals surface area (Å²) in [5, 5.41) is 8.60. The second-order valence-electron chi connectivity index (χ2n) is 4.45. The van der Waals surface area contributed by atoms with Crippen molar-refractivity contribution in [1.82, 2.24) is 0 Å². The summed E-state index contributed by atoms with van der Waals surface area (Å²) >= 11 is 0. The molecule has 0 aliphatic carbocycles. The van der Waals surface area contributed by atoms with Crippen LogP contribution in [0, 0.1) is 11.6 Å². The summed E-state index contributed by atoms with van der Waals surface area (Å²) in [6, 6.07) is 10.0. The maximum Gasteiger partial charge on any atom is 0.328 e. The van der Waals surface area contributed by atoms with Crippen molar-refractivity contribution in [2.75, 3.05) is 11.9 Å². The largest absolute Gasteiger partial charge is 0.478 e. The topological polar surface area (TPSA) is 40.5 Å². The summed E-state index contributed by atoms with van der Waals surface area (Å²) in [7, 11) is 1.67. The minimum atomic E-state index is -1.11. The molecule has 2 aromatic carbocycles. The highest BCUT2D eigenvalue weighted by molar-refractivity contribution is 5.85. The summed E-state index contributed by atoms with van der Waals surface area (Å²) < 4.78 is 26.9. The maximum atomic E-state index is 13.6. The van der Waals surface area contributed by atoms with Gasteiger partial charge in [0.25, 0.3) is 0 Å². The van der Waals surface area contributed by atoms with Crippen LogP contribution in [0.3, 0.4) is 0 Å². The van der Waals surface area contributed by atoms with E-state index in [1.54, 1.807) is 30.1 Å². The van der Waals surface area contributed by atoms with E-state index in [0.29, 0.717) is 16.9 Å². The van der Waals surface area contributed by atoms with Crippen LogP contribution in [-0.4, -0.2) is 18.1 Å². The number of hydrogen-bond donors (Lipinski definition) is 1. The molecule has 5 heteroatoms. The normalized spacial score (nSPS) is 10.8. The van der Waals surface area contributed by atoms with Crippen molar-refractivity contribution in [3.05, 3.63) is 65.7 Å². The molecule has 2 rings (SSSR count). The molecular weight excluding hydrogens is 276 g/mol. The molecule has 3 nitrogen and oxygen atoms in total. The van der Waals surface area contributed by atoms with Crippen LogP contribution in [0.25, 0.3) is 6.08 Å². The van der Waals surface area contributed by atoms with Crippen LogP contribution in [0.4, 0.5) is 20.2 Å². The van der Waals surface area contributed by atoms with Gasteiger partial charge >= 0.3 is 5.97 Å². The van der Waals surface area contributed by atoms with Gasteiger partial charge < -0.3 is 10.0 Å². The van der Waals surface area contributed by atoms with Crippen molar-refractivity contribution in [2.45, 2.75) is 0 Å². The zero-order chi connectivity index (χ0) is 15.4. The highest BCUT2D eigenvalue weighted by Crippen LogP contribution is 2.26. The predicted molar refractivity (Wildman–Crippen MR) is 77.5 cm³/mol. The highest BCUT2D eigenvalue weighted by atomic mass is 19.1. The molecule has 0 atom stereocenters. The molecule has 0 aromatic heterocycles. The van der Waals surface area contributed by atoms with Gasteiger partial charge in [-0.2, -0.15) is 0 Å². The molecule has 2 aromatic rings. The van der Waals surface area contributed by atoms with Gasteiger partial charge in [0, 0.05) is 24.5 Å². The summed E-state index contributed by atoms with van der Waals surface area (Å²) in [6.45, 7) is 0. The van der Waals surface area contributed by atoms with Gasteiger partial charge in [-0.3, -0.25) is 0 Å². The van der Waals surface area contributed by atoms with Crippen LogP contribution in [0.1, 0.15) is 5.56 Å². The molecule has 0 spiro atoms. The first-order valence-corrected chi connectivity index (χ1v) is 6.16. The number of benzene rings is 2. The molecule has 0 unspecified atom stereocenters. The summed E-state index contributed by atoms with van der Waals surface area (Å²) in [6.07, 6.45) is 2.23. The molecule has 0 bridgehead atoms. The molecule has 21 heavy (non-hydrogen) atoms. The first-order valence-electron chi connectivity index (χ1n) is 6.16. The van der Waals surface area contributed by atoms with Gasteiger partial charge in [0.15, 0.2) is 0 Å². The van der Waals surface area contributed by atoms with Gasteiger partial charge in [0.05, 0.1) is 0 Å². The van der Waals surface area contributed by atoms with E-state index in [4.69, 9.17) is 5.11 Å². The van der Waals surface area contributed by atoms with E-state index in [0.717, 1.165) is 6.08 Å². The molecule has 108 valence electrons. The molecule has 0 saturated carbocycles. The van der Waals surface area contributed by atoms with E-state index in [9.17, 15) is 13.6 Å². The minimum Gasteiger partial charge on any atom is -0.478 e. The molecule has 0 saturated heterocycles. The Labute approximate surface area is 120 Å². The summed E-state index contributed by atoms with van der Waals surface area (Å²) in [4.78, 5) is 12.1. The van der Waals surface area contributed by atoms with Crippen molar-refractivity contribution in [1.29, 1.82) is 0 Å². The fraction of sp³-hybridized carbons (Fsp3) is 0.0625. The number of aliphatic carboxylic acids is 1. The fourth-order valence-electron chi connectivity index (χ4n) is 1.89. The number of anilines is 2. The lowest BCUT2D eigenvalue weighted by molar-refractivity contribution is -0.131. The van der Waals surface area contributed by atoms with Crippen molar-refractivity contribution in [2.24, 2.45) is 0 Å². The molecule has 0 amide bonds. The number of carbonyl (C=O) groups is 1. The van der Waals surface area contributed by atoms with Crippen molar-refractivity contribution < 1.29 is 18.7 Å². The summed E-state index contributed by atoms with van der Waals surface area (Å²) in [5.74, 6) is -2.00. The second kappa shape index (κ2) is 6.17. The third-order valence-corrected chi connectivity index (χ3v) is 2.91. The van der Waals surface area contributed by atoms with E-state index in [1.165, 1.54) is 30.3 Å². The van der Waals surface area contributed by atoms with Gasteiger partial charge in [-0.15, -0.1) is 0 Å². The van der Waals surface area contributed by atoms with Gasteiger partial charge in [-0.05, 0) is 48.0 Å². The van der Waals surface area contributed by atoms with Gasteiger partial charge in [0.1, 0.15) is 11.6 Å². The van der Waals surface area contributed by atoms with Crippen LogP contribution in [0.2, 0.25) is 0 Å². The van der Waals surface area contributed by atoms with Crippen molar-refractivity contribution in [3.63, 3.8) is 0 Å². The summed E-state index contributed by atoms with van der Waals surface area (Å²) in [5.41, 5.74) is 1.47. The average Bonchev–Trinajstić information content (AvgIpc) is 2.43. The van der Waals surface area contributed by atoms with Crippen molar-refractivity contribution >= 4 is 23.4 Å². The fourth-order valence-corrected chi connectivity index (χ4v) is 1.89. The first kappa shape index (κ1) is 14.7. The molecule has 0 fully saturated rings. The lowest BCUT2D eigenvalue weighted by Gasteiger charge is -2.20. The molecule has 0 heterocycles. The Morgan fingerprint density at radius 3 is 2.48 bits per heavy atom. The van der Waals surface area contributed by atoms with E-state index in [-0.39, 0.29) is 5.82 Å². The first-order chi connectivity index (χ1) is 9.95. The third-order valence-electron chi connectivity index (χ3n) is 2.91. The number of carboxylic acid groups (broad SMARTS) is 1. The van der Waals surface area contributed by atoms with Gasteiger partial charge in [-0.1, -0.05) is 6.07 Å². The zero-order valence-corrected chi connectivity index (χ0v) is 11.3. The lowest BCUT2D eigenvalue weighted by Crippen LogP contribution is -2.10. The van der Waals surface area contributed by atoms with Crippen LogP contribution in [0.15, 0.2) is 48.5 Å². The maximum absolute atomic E-state index is 13.6. The molecule has 0 aliphatic heterocycles. The monoisotopic (exact) mass is 289 g/mol. The Hall–Kier alpha value is -2.69. The number of hydrogen-bond acceptors (Lipinski definition) is 2. The highest BCUT2D eigenvalue weighted by Gasteiger charge is 2.07. The Bertz CT molecular complexity index is 698. The Morgan fingerprint density at radius 2 is 1.81 bits per heavy atom. The lowest BCUT2D eigenvalue weighted by atomic mass is 10.1. The van der Waals surface area contributed by atoms with Crippen molar-refractivity contribution in [3.8, 4) is 0 Å². The standard InChI is InChI=1S/C16H13F2NO2/c1-19(14-4-2-3-12(17)9-14)15-8-11(5-6-16(20)21)7-13(18)10-15/h2-10H,1H3,(H,20,21)/b6-5+. The van der Waals surface area contributed by atoms with Gasteiger partial charge in [-0.25, -0.2) is 13.6 Å². The zero-order valence-electron chi connectivity index (χ0n) is 11.3. The number of halogens is 2. The van der Waals surface area contributed by atoms with Crippen LogP contribution < -0.4 is 4.90 Å². The molecule has 1 N–H and O–H groups in total. The smallest absolute Gasteiger partial charge is 0.328 e. The molecule has 0 radical (unpaired) electrons. The van der Waals surface area contributed by atoms with Crippen LogP contribution in [-0.2, 0) is 4.79 Å². The third kappa shape index (κ3) is 3.89. The van der Waals surface area contributed by atoms with E-state index in [1.807, 2.05) is 0 Å². The quantitative estimate of drug-likeness (QED) is 0.870. The van der Waals surface area contributed by atoms with E-state index < -0.39 is 11.8 Å². The van der Waals surface area contributed by atoms with Gasteiger partial charge in [0.2, 0.25) is 0 Å². The van der Waals surface area contributed by atoms with Crippen LogP contribution in [0.5, 0.6) is 0 Å². The molecular formula is C16H13F2NO2. The SMILES string of the molecule is CN(c1cccc(F)c1)c1cc(F)cc(/C=C/C(=O)O)c1. The number of nitrogens with zero attached hydrogens (tertiary/aromatic N) is 1. The number of rotatable bonds is 4. The van der Waals surface area contributed by atoms with Crippen LogP contribution >= 0.6 is 0 Å². The minimum absolute atomic E-state index is 0.387. The van der Waals surface area contributed by atoms with E-state index >= 15 is 0 Å². The number of carboxylic acids is 1. The average molecular weight is 289 g/mol. The Morgan fingerprint density at radius 1 is 1.10 bits per heavy atom. The Balaban J connectivity index is 2.37. The van der Waals surface area contributed by atoms with E-state index in [2.05, 4.69) is 0 Å².